The maximum atomic E-state index is 10.6. The van der Waals surface area contributed by atoms with E-state index in [0.717, 1.165) is 28.7 Å². The van der Waals surface area contributed by atoms with E-state index in [0.29, 0.717) is 0 Å². The van der Waals surface area contributed by atoms with Crippen molar-refractivity contribution in [3.8, 4) is 5.13 Å². The Labute approximate surface area is 113 Å². The Bertz CT molecular complexity index is 522. The molecule has 0 aromatic carbocycles. The first kappa shape index (κ1) is 13.1. The number of hydrogen-bond acceptors (Lipinski definition) is 5. The van der Waals surface area contributed by atoms with Crippen LogP contribution in [-0.4, -0.2) is 31.6 Å². The number of carbonyl (C=O) groups is 1. The summed E-state index contributed by atoms with van der Waals surface area (Å²) in [6.45, 7) is 2.09. The molecule has 96 valence electrons. The molecule has 2 heterocycles. The summed E-state index contributed by atoms with van der Waals surface area (Å²) in [6.07, 6.45) is 3.61. The van der Waals surface area contributed by atoms with Crippen molar-refractivity contribution in [3.63, 3.8) is 0 Å². The minimum atomic E-state index is -0.830. The fourth-order valence-electron chi connectivity index (χ4n) is 1.48. The lowest BCUT2D eigenvalue weighted by molar-refractivity contribution is -0.133. The molecule has 5 nitrogen and oxygen atoms in total. The van der Waals surface area contributed by atoms with Crippen molar-refractivity contribution in [2.45, 2.75) is 24.8 Å². The van der Waals surface area contributed by atoms with Crippen LogP contribution in [0.5, 0.6) is 0 Å². The van der Waals surface area contributed by atoms with Gasteiger partial charge < -0.3 is 5.11 Å². The smallest absolute Gasteiger partial charge is 0.313 e. The molecular formula is C11H13N3O2S2. The third-order valence-electron chi connectivity index (χ3n) is 2.18. The highest BCUT2D eigenvalue weighted by Crippen LogP contribution is 2.24. The van der Waals surface area contributed by atoms with Crippen molar-refractivity contribution < 1.29 is 9.90 Å². The lowest BCUT2D eigenvalue weighted by atomic mass is 10.3. The summed E-state index contributed by atoms with van der Waals surface area (Å²) >= 11 is 2.75. The highest BCUT2D eigenvalue weighted by atomic mass is 32.2. The van der Waals surface area contributed by atoms with Crippen LogP contribution in [0.4, 0.5) is 0 Å². The Morgan fingerprint density at radius 3 is 3.06 bits per heavy atom. The normalized spacial score (nSPS) is 10.7. The summed E-state index contributed by atoms with van der Waals surface area (Å²) in [4.78, 5) is 14.8. The molecule has 2 aromatic rings. The van der Waals surface area contributed by atoms with E-state index in [1.165, 1.54) is 23.1 Å². The molecule has 0 spiro atoms. The number of aryl methyl sites for hydroxylation is 1. The Balaban J connectivity index is 2.27. The third kappa shape index (κ3) is 3.11. The maximum Gasteiger partial charge on any atom is 0.313 e. The molecule has 0 atom stereocenters. The van der Waals surface area contributed by atoms with Gasteiger partial charge in [-0.15, -0.1) is 11.3 Å². The molecule has 0 saturated heterocycles. The van der Waals surface area contributed by atoms with E-state index >= 15 is 0 Å². The average Bonchev–Trinajstić information content (AvgIpc) is 2.94. The van der Waals surface area contributed by atoms with E-state index in [4.69, 9.17) is 5.11 Å². The van der Waals surface area contributed by atoms with Crippen molar-refractivity contribution >= 4 is 29.1 Å². The molecular weight excluding hydrogens is 270 g/mol. The Hall–Kier alpha value is -1.34. The standard InChI is InChI=1S/C11H13N3O2S2/c1-2-3-8-6-9(18-7-10(15)16)14(13-8)11-12-4-5-17-11/h4-6H,2-3,7H2,1H3,(H,15,16). The molecule has 0 bridgehead atoms. The monoisotopic (exact) mass is 283 g/mol. The van der Waals surface area contributed by atoms with Crippen LogP contribution in [0.15, 0.2) is 22.7 Å². The highest BCUT2D eigenvalue weighted by Gasteiger charge is 2.12. The molecule has 0 amide bonds. The predicted octanol–water partition coefficient (Wildman–Crippen LogP) is 2.46. The minimum absolute atomic E-state index is 0.0304. The molecule has 0 fully saturated rings. The van der Waals surface area contributed by atoms with Gasteiger partial charge in [-0.25, -0.2) is 4.98 Å². The molecule has 7 heteroatoms. The molecule has 1 N–H and O–H groups in total. The summed E-state index contributed by atoms with van der Waals surface area (Å²) in [6, 6.07) is 1.94. The molecule has 0 radical (unpaired) electrons. The molecule has 0 saturated carbocycles. The number of carboxylic acid groups (broad SMARTS) is 1. The van der Waals surface area contributed by atoms with Crippen LogP contribution in [0.2, 0.25) is 0 Å². The first-order chi connectivity index (χ1) is 8.70. The number of aromatic nitrogens is 3. The van der Waals surface area contributed by atoms with E-state index < -0.39 is 5.97 Å². The van der Waals surface area contributed by atoms with Gasteiger partial charge in [0.05, 0.1) is 11.4 Å². The first-order valence-electron chi connectivity index (χ1n) is 5.54. The topological polar surface area (TPSA) is 68.0 Å². The highest BCUT2D eigenvalue weighted by molar-refractivity contribution is 7.99. The largest absolute Gasteiger partial charge is 0.481 e. The van der Waals surface area contributed by atoms with Gasteiger partial charge in [0.15, 0.2) is 0 Å². The van der Waals surface area contributed by atoms with Gasteiger partial charge in [-0.1, -0.05) is 25.1 Å². The lowest BCUT2D eigenvalue weighted by Gasteiger charge is -2.01. The summed E-state index contributed by atoms with van der Waals surface area (Å²) in [5, 5.41) is 16.7. The number of thioether (sulfide) groups is 1. The van der Waals surface area contributed by atoms with Crippen LogP contribution >= 0.6 is 23.1 Å². The zero-order valence-electron chi connectivity index (χ0n) is 9.87. The quantitative estimate of drug-likeness (QED) is 0.825. The lowest BCUT2D eigenvalue weighted by Crippen LogP contribution is -2.02. The van der Waals surface area contributed by atoms with Gasteiger partial charge in [0.2, 0.25) is 5.13 Å². The second-order valence-electron chi connectivity index (χ2n) is 3.63. The van der Waals surface area contributed by atoms with E-state index in [1.807, 2.05) is 11.4 Å². The molecule has 0 aliphatic carbocycles. The van der Waals surface area contributed by atoms with Crippen LogP contribution in [-0.2, 0) is 11.2 Å². The van der Waals surface area contributed by atoms with E-state index in [1.54, 1.807) is 10.9 Å². The fraction of sp³-hybridized carbons (Fsp3) is 0.364. The summed E-state index contributed by atoms with van der Waals surface area (Å²) in [5.74, 6) is -0.799. The zero-order chi connectivity index (χ0) is 13.0. The summed E-state index contributed by atoms with van der Waals surface area (Å²) in [7, 11) is 0. The number of rotatable bonds is 6. The average molecular weight is 283 g/mol. The van der Waals surface area contributed by atoms with Crippen LogP contribution in [0, 0.1) is 0 Å². The molecule has 18 heavy (non-hydrogen) atoms. The van der Waals surface area contributed by atoms with Crippen LogP contribution < -0.4 is 0 Å². The number of carboxylic acids is 1. The second-order valence-corrected chi connectivity index (χ2v) is 5.50. The van der Waals surface area contributed by atoms with Crippen molar-refractivity contribution in [1.82, 2.24) is 14.8 Å². The van der Waals surface area contributed by atoms with Crippen LogP contribution in [0.1, 0.15) is 19.0 Å². The number of nitrogens with zero attached hydrogens (tertiary/aromatic N) is 3. The van der Waals surface area contributed by atoms with E-state index in [9.17, 15) is 4.79 Å². The Morgan fingerprint density at radius 2 is 2.44 bits per heavy atom. The molecule has 0 unspecified atom stereocenters. The van der Waals surface area contributed by atoms with E-state index in [-0.39, 0.29) is 5.75 Å². The van der Waals surface area contributed by atoms with Crippen molar-refractivity contribution in [2.24, 2.45) is 0 Å². The number of hydrogen-bond donors (Lipinski definition) is 1. The van der Waals surface area contributed by atoms with Gasteiger partial charge >= 0.3 is 5.97 Å². The van der Waals surface area contributed by atoms with Gasteiger partial charge in [0.1, 0.15) is 5.03 Å². The van der Waals surface area contributed by atoms with Crippen LogP contribution in [0.3, 0.4) is 0 Å². The van der Waals surface area contributed by atoms with Gasteiger partial charge in [-0.05, 0) is 12.5 Å². The SMILES string of the molecule is CCCc1cc(SCC(=O)O)n(-c2nccs2)n1. The molecule has 2 rings (SSSR count). The third-order valence-corrected chi connectivity index (χ3v) is 3.90. The molecule has 0 aliphatic rings. The number of thiazole rings is 1. The zero-order valence-corrected chi connectivity index (χ0v) is 11.5. The van der Waals surface area contributed by atoms with Crippen molar-refractivity contribution in [2.75, 3.05) is 5.75 Å². The summed E-state index contributed by atoms with van der Waals surface area (Å²) < 4.78 is 1.73. The van der Waals surface area contributed by atoms with Gasteiger partial charge in [-0.3, -0.25) is 4.79 Å². The fourth-order valence-corrected chi connectivity index (χ4v) is 2.89. The van der Waals surface area contributed by atoms with E-state index in [2.05, 4.69) is 17.0 Å². The summed E-state index contributed by atoms with van der Waals surface area (Å²) in [5.41, 5.74) is 0.973. The second kappa shape index (κ2) is 6.01. The Morgan fingerprint density at radius 1 is 1.61 bits per heavy atom. The van der Waals surface area contributed by atoms with Gasteiger partial charge in [0.25, 0.3) is 0 Å². The molecule has 2 aromatic heterocycles. The van der Waals surface area contributed by atoms with Crippen molar-refractivity contribution in [3.05, 3.63) is 23.3 Å². The predicted molar refractivity (Wildman–Crippen MR) is 71.6 cm³/mol. The first-order valence-corrected chi connectivity index (χ1v) is 7.40. The molecule has 0 aliphatic heterocycles. The maximum absolute atomic E-state index is 10.6. The minimum Gasteiger partial charge on any atom is -0.481 e. The van der Waals surface area contributed by atoms with Crippen molar-refractivity contribution in [1.29, 1.82) is 0 Å². The number of aliphatic carboxylic acids is 1. The Kier molecular flexibility index (Phi) is 4.38. The van der Waals surface area contributed by atoms with Crippen LogP contribution in [0.25, 0.3) is 5.13 Å². The van der Waals surface area contributed by atoms with Gasteiger partial charge in [-0.2, -0.15) is 9.78 Å². The van der Waals surface area contributed by atoms with Gasteiger partial charge in [0, 0.05) is 11.6 Å².